The molecule has 1 nitrogen and oxygen atoms in total. The van der Waals surface area contributed by atoms with Gasteiger partial charge in [-0.1, -0.05) is 32.1 Å². The van der Waals surface area contributed by atoms with Crippen molar-refractivity contribution in [2.75, 3.05) is 6.54 Å². The summed E-state index contributed by atoms with van der Waals surface area (Å²) in [4.78, 5) is 0. The molecule has 0 rings (SSSR count). The van der Waals surface area contributed by atoms with E-state index in [1.807, 2.05) is 6.92 Å². The highest BCUT2D eigenvalue weighted by Crippen LogP contribution is 2.01. The summed E-state index contributed by atoms with van der Waals surface area (Å²) in [5.41, 5.74) is 0. The molecule has 0 aromatic rings. The third kappa shape index (κ3) is 7.63. The van der Waals surface area contributed by atoms with Crippen molar-refractivity contribution in [3.8, 4) is 11.8 Å². The zero-order valence-electron chi connectivity index (χ0n) is 8.61. The maximum absolute atomic E-state index is 3.37. The Labute approximate surface area is 76.9 Å². The SMILES string of the molecule is CC#CCNC(C)CCCCC. The Balaban J connectivity index is 3.19. The van der Waals surface area contributed by atoms with E-state index < -0.39 is 0 Å². The molecule has 0 aliphatic carbocycles. The molecule has 1 heteroatoms. The Bertz CT molecular complexity index is 141. The predicted octanol–water partition coefficient (Wildman–Crippen LogP) is 2.57. The molecule has 0 aliphatic heterocycles. The van der Waals surface area contributed by atoms with Crippen molar-refractivity contribution in [1.82, 2.24) is 5.32 Å². The van der Waals surface area contributed by atoms with Crippen molar-refractivity contribution in [3.63, 3.8) is 0 Å². The van der Waals surface area contributed by atoms with Crippen molar-refractivity contribution in [2.24, 2.45) is 0 Å². The monoisotopic (exact) mass is 167 g/mol. The average molecular weight is 167 g/mol. The lowest BCUT2D eigenvalue weighted by Gasteiger charge is -2.10. The molecular formula is C11H21N. The molecule has 0 bridgehead atoms. The van der Waals surface area contributed by atoms with Gasteiger partial charge in [-0.15, -0.1) is 5.92 Å². The number of nitrogens with one attached hydrogen (secondary N) is 1. The molecule has 1 N–H and O–H groups in total. The van der Waals surface area contributed by atoms with E-state index >= 15 is 0 Å². The molecule has 0 saturated heterocycles. The van der Waals surface area contributed by atoms with Crippen LogP contribution in [0.2, 0.25) is 0 Å². The summed E-state index contributed by atoms with van der Waals surface area (Å²) in [5.74, 6) is 5.89. The van der Waals surface area contributed by atoms with Gasteiger partial charge in [0.05, 0.1) is 6.54 Å². The van der Waals surface area contributed by atoms with Crippen LogP contribution in [0.1, 0.15) is 46.5 Å². The molecule has 70 valence electrons. The molecule has 0 aromatic heterocycles. The molecule has 0 heterocycles. The van der Waals surface area contributed by atoms with Crippen LogP contribution >= 0.6 is 0 Å². The van der Waals surface area contributed by atoms with Crippen molar-refractivity contribution in [1.29, 1.82) is 0 Å². The molecular weight excluding hydrogens is 146 g/mol. The summed E-state index contributed by atoms with van der Waals surface area (Å²) in [6.45, 7) is 7.18. The van der Waals surface area contributed by atoms with Gasteiger partial charge in [-0.3, -0.25) is 0 Å². The lowest BCUT2D eigenvalue weighted by Crippen LogP contribution is -2.26. The predicted molar refractivity (Wildman–Crippen MR) is 55.1 cm³/mol. The second-order valence-corrected chi connectivity index (χ2v) is 3.20. The number of rotatable bonds is 6. The van der Waals surface area contributed by atoms with Gasteiger partial charge in [0.1, 0.15) is 0 Å². The molecule has 1 atom stereocenters. The highest BCUT2D eigenvalue weighted by atomic mass is 14.9. The quantitative estimate of drug-likeness (QED) is 0.473. The highest BCUT2D eigenvalue weighted by Gasteiger charge is 1.97. The van der Waals surface area contributed by atoms with E-state index in [-0.39, 0.29) is 0 Å². The molecule has 0 fully saturated rings. The van der Waals surface area contributed by atoms with E-state index in [0.717, 1.165) is 6.54 Å². The normalized spacial score (nSPS) is 11.9. The Morgan fingerprint density at radius 3 is 2.67 bits per heavy atom. The van der Waals surface area contributed by atoms with E-state index in [0.29, 0.717) is 6.04 Å². The van der Waals surface area contributed by atoms with E-state index in [2.05, 4.69) is 31.0 Å². The van der Waals surface area contributed by atoms with Crippen molar-refractivity contribution >= 4 is 0 Å². The lowest BCUT2D eigenvalue weighted by molar-refractivity contribution is 0.512. The standard InChI is InChI=1S/C11H21N/c1-4-6-8-9-11(3)12-10-7-5-2/h11-12H,4,6,8-10H2,1-3H3. The van der Waals surface area contributed by atoms with Crippen molar-refractivity contribution in [3.05, 3.63) is 0 Å². The minimum absolute atomic E-state index is 0.623. The maximum Gasteiger partial charge on any atom is 0.0578 e. The summed E-state index contributed by atoms with van der Waals surface area (Å²) in [6, 6.07) is 0.623. The number of unbranched alkanes of at least 4 members (excludes halogenated alkanes) is 2. The van der Waals surface area contributed by atoms with Crippen LogP contribution in [0.3, 0.4) is 0 Å². The topological polar surface area (TPSA) is 12.0 Å². The molecule has 12 heavy (non-hydrogen) atoms. The first kappa shape index (κ1) is 11.5. The van der Waals surface area contributed by atoms with Crippen molar-refractivity contribution < 1.29 is 0 Å². The van der Waals surface area contributed by atoms with Gasteiger partial charge in [-0.25, -0.2) is 0 Å². The fourth-order valence-corrected chi connectivity index (χ4v) is 1.12. The minimum Gasteiger partial charge on any atom is -0.304 e. The Hall–Kier alpha value is -0.480. The van der Waals surface area contributed by atoms with Crippen LogP contribution in [0, 0.1) is 11.8 Å². The molecule has 0 radical (unpaired) electrons. The zero-order valence-corrected chi connectivity index (χ0v) is 8.61. The average Bonchev–Trinajstić information content (AvgIpc) is 2.06. The summed E-state index contributed by atoms with van der Waals surface area (Å²) in [6.07, 6.45) is 5.27. The van der Waals surface area contributed by atoms with E-state index in [9.17, 15) is 0 Å². The summed E-state index contributed by atoms with van der Waals surface area (Å²) in [5, 5.41) is 3.37. The molecule has 0 spiro atoms. The third-order valence-corrected chi connectivity index (χ3v) is 1.96. The van der Waals surface area contributed by atoms with E-state index in [1.165, 1.54) is 25.7 Å². The first-order valence-corrected chi connectivity index (χ1v) is 4.94. The molecule has 0 saturated carbocycles. The van der Waals surface area contributed by atoms with Gasteiger partial charge in [0.25, 0.3) is 0 Å². The maximum atomic E-state index is 3.37. The van der Waals surface area contributed by atoms with Gasteiger partial charge in [0.15, 0.2) is 0 Å². The van der Waals surface area contributed by atoms with Crippen LogP contribution in [-0.4, -0.2) is 12.6 Å². The highest BCUT2D eigenvalue weighted by molar-refractivity contribution is 4.97. The molecule has 0 aliphatic rings. The van der Waals surface area contributed by atoms with Crippen LogP contribution in [0.5, 0.6) is 0 Å². The fraction of sp³-hybridized carbons (Fsp3) is 0.818. The molecule has 0 aromatic carbocycles. The van der Waals surface area contributed by atoms with Gasteiger partial charge < -0.3 is 5.32 Å². The minimum atomic E-state index is 0.623. The first-order chi connectivity index (χ1) is 5.81. The van der Waals surface area contributed by atoms with Gasteiger partial charge in [-0.2, -0.15) is 0 Å². The van der Waals surface area contributed by atoms with Gasteiger partial charge >= 0.3 is 0 Å². The Kier molecular flexibility index (Phi) is 8.27. The van der Waals surface area contributed by atoms with Crippen LogP contribution in [-0.2, 0) is 0 Å². The molecule has 1 unspecified atom stereocenters. The van der Waals surface area contributed by atoms with E-state index in [1.54, 1.807) is 0 Å². The summed E-state index contributed by atoms with van der Waals surface area (Å²) in [7, 11) is 0. The largest absolute Gasteiger partial charge is 0.304 e. The van der Waals surface area contributed by atoms with Crippen LogP contribution in [0.15, 0.2) is 0 Å². The van der Waals surface area contributed by atoms with Gasteiger partial charge in [-0.05, 0) is 20.3 Å². The second-order valence-electron chi connectivity index (χ2n) is 3.20. The van der Waals surface area contributed by atoms with Crippen LogP contribution in [0.4, 0.5) is 0 Å². The second kappa shape index (κ2) is 8.62. The Morgan fingerprint density at radius 1 is 1.33 bits per heavy atom. The number of hydrogen-bond donors (Lipinski definition) is 1. The summed E-state index contributed by atoms with van der Waals surface area (Å²) >= 11 is 0. The van der Waals surface area contributed by atoms with E-state index in [4.69, 9.17) is 0 Å². The number of hydrogen-bond acceptors (Lipinski definition) is 1. The first-order valence-electron chi connectivity index (χ1n) is 4.94. The van der Waals surface area contributed by atoms with Gasteiger partial charge in [0.2, 0.25) is 0 Å². The third-order valence-electron chi connectivity index (χ3n) is 1.96. The van der Waals surface area contributed by atoms with Gasteiger partial charge in [0, 0.05) is 6.04 Å². The summed E-state index contributed by atoms with van der Waals surface area (Å²) < 4.78 is 0. The van der Waals surface area contributed by atoms with Crippen molar-refractivity contribution in [2.45, 2.75) is 52.5 Å². The molecule has 0 amide bonds. The smallest absolute Gasteiger partial charge is 0.0578 e. The zero-order chi connectivity index (χ0) is 9.23. The lowest BCUT2D eigenvalue weighted by atomic mass is 10.1. The fourth-order valence-electron chi connectivity index (χ4n) is 1.12. The van der Waals surface area contributed by atoms with Crippen LogP contribution < -0.4 is 5.32 Å². The van der Waals surface area contributed by atoms with Crippen LogP contribution in [0.25, 0.3) is 0 Å². The Morgan fingerprint density at radius 2 is 2.08 bits per heavy atom.